The van der Waals surface area contributed by atoms with Crippen LogP contribution >= 0.6 is 0 Å². The molecule has 5 heteroatoms. The van der Waals surface area contributed by atoms with Crippen molar-refractivity contribution >= 4 is 5.82 Å². The first kappa shape index (κ1) is 10.4. The average molecular weight is 217 g/mol. The highest BCUT2D eigenvalue weighted by atomic mass is 16.6. The van der Waals surface area contributed by atoms with Crippen molar-refractivity contribution in [3.8, 4) is 5.69 Å². The van der Waals surface area contributed by atoms with Gasteiger partial charge < -0.3 is 10.1 Å². The molecule has 82 valence electrons. The van der Waals surface area contributed by atoms with E-state index in [1.807, 2.05) is 31.2 Å². The predicted octanol–water partition coefficient (Wildman–Crippen LogP) is 2.40. The standard InChI is InChI=1S/C11H11N3O2/c1-8-3-5-10(6-4-8)13-7-11(14(15)16)12-9(13)2/h3-7H,1-2H3. The second-order valence-electron chi connectivity index (χ2n) is 3.61. The third kappa shape index (κ3) is 1.79. The predicted molar refractivity (Wildman–Crippen MR) is 59.7 cm³/mol. The molecule has 2 rings (SSSR count). The van der Waals surface area contributed by atoms with Crippen molar-refractivity contribution in [1.82, 2.24) is 9.55 Å². The molecule has 1 aromatic heterocycles. The third-order valence-electron chi connectivity index (χ3n) is 2.37. The van der Waals surface area contributed by atoms with Gasteiger partial charge in [0.15, 0.2) is 0 Å². The average Bonchev–Trinajstić information content (AvgIpc) is 2.62. The van der Waals surface area contributed by atoms with Gasteiger partial charge in [-0.2, -0.15) is 0 Å². The van der Waals surface area contributed by atoms with Crippen LogP contribution < -0.4 is 0 Å². The number of aromatic nitrogens is 2. The Morgan fingerprint density at radius 1 is 1.25 bits per heavy atom. The van der Waals surface area contributed by atoms with Crippen LogP contribution in [0.2, 0.25) is 0 Å². The summed E-state index contributed by atoms with van der Waals surface area (Å²) in [7, 11) is 0. The van der Waals surface area contributed by atoms with Crippen LogP contribution in [0.1, 0.15) is 11.4 Å². The molecular formula is C11H11N3O2. The fourth-order valence-electron chi connectivity index (χ4n) is 1.51. The lowest BCUT2D eigenvalue weighted by atomic mass is 10.2. The van der Waals surface area contributed by atoms with Crippen molar-refractivity contribution in [2.75, 3.05) is 0 Å². The second-order valence-corrected chi connectivity index (χ2v) is 3.61. The smallest absolute Gasteiger partial charge is 0.358 e. The van der Waals surface area contributed by atoms with Crippen LogP contribution in [0.25, 0.3) is 5.69 Å². The van der Waals surface area contributed by atoms with Crippen LogP contribution in [-0.2, 0) is 0 Å². The third-order valence-corrected chi connectivity index (χ3v) is 2.37. The molecule has 0 atom stereocenters. The minimum atomic E-state index is -0.488. The van der Waals surface area contributed by atoms with Crippen LogP contribution in [0.15, 0.2) is 30.5 Å². The zero-order chi connectivity index (χ0) is 11.7. The zero-order valence-electron chi connectivity index (χ0n) is 9.04. The molecule has 0 amide bonds. The highest BCUT2D eigenvalue weighted by Crippen LogP contribution is 2.16. The molecule has 1 aromatic carbocycles. The molecule has 2 aromatic rings. The second kappa shape index (κ2) is 3.77. The molecule has 0 saturated heterocycles. The van der Waals surface area contributed by atoms with Gasteiger partial charge in [0.2, 0.25) is 5.82 Å². The monoisotopic (exact) mass is 217 g/mol. The quantitative estimate of drug-likeness (QED) is 0.573. The van der Waals surface area contributed by atoms with Crippen LogP contribution in [0, 0.1) is 24.0 Å². The Hall–Kier alpha value is -2.17. The topological polar surface area (TPSA) is 61.0 Å². The van der Waals surface area contributed by atoms with Crippen LogP contribution in [0.3, 0.4) is 0 Å². The van der Waals surface area contributed by atoms with Gasteiger partial charge in [-0.1, -0.05) is 17.7 Å². The van der Waals surface area contributed by atoms with Gasteiger partial charge in [0.05, 0.1) is 0 Å². The highest BCUT2D eigenvalue weighted by Gasteiger charge is 2.15. The van der Waals surface area contributed by atoms with E-state index < -0.39 is 4.92 Å². The lowest BCUT2D eigenvalue weighted by Gasteiger charge is -2.01. The van der Waals surface area contributed by atoms with Gasteiger partial charge in [0.25, 0.3) is 0 Å². The number of nitrogens with zero attached hydrogens (tertiary/aromatic N) is 3. The van der Waals surface area contributed by atoms with Crippen molar-refractivity contribution in [2.24, 2.45) is 0 Å². The van der Waals surface area contributed by atoms with Crippen molar-refractivity contribution in [2.45, 2.75) is 13.8 Å². The molecule has 0 aliphatic heterocycles. The van der Waals surface area contributed by atoms with Crippen molar-refractivity contribution in [1.29, 1.82) is 0 Å². The molecular weight excluding hydrogens is 206 g/mol. The maximum absolute atomic E-state index is 10.6. The van der Waals surface area contributed by atoms with Crippen molar-refractivity contribution < 1.29 is 4.92 Å². The summed E-state index contributed by atoms with van der Waals surface area (Å²) in [5, 5.41) is 10.6. The maximum Gasteiger partial charge on any atom is 0.382 e. The summed E-state index contributed by atoms with van der Waals surface area (Å²) >= 11 is 0. The SMILES string of the molecule is Cc1ccc(-n2cc([N+](=O)[O-])nc2C)cc1. The summed E-state index contributed by atoms with van der Waals surface area (Å²) in [5.74, 6) is 0.480. The lowest BCUT2D eigenvalue weighted by Crippen LogP contribution is -1.94. The first-order chi connectivity index (χ1) is 7.58. The molecule has 0 fully saturated rings. The number of imidazole rings is 1. The Bertz CT molecular complexity index is 529. The molecule has 0 spiro atoms. The summed E-state index contributed by atoms with van der Waals surface area (Å²) in [5.41, 5.74) is 2.03. The Morgan fingerprint density at radius 3 is 2.38 bits per heavy atom. The van der Waals surface area contributed by atoms with Gasteiger partial charge in [-0.3, -0.25) is 4.57 Å². The van der Waals surface area contributed by atoms with Crippen LogP contribution in [-0.4, -0.2) is 14.5 Å². The van der Waals surface area contributed by atoms with E-state index in [0.29, 0.717) is 5.82 Å². The normalized spacial score (nSPS) is 10.4. The van der Waals surface area contributed by atoms with E-state index in [0.717, 1.165) is 11.3 Å². The fraction of sp³-hybridized carbons (Fsp3) is 0.182. The summed E-state index contributed by atoms with van der Waals surface area (Å²) in [6.07, 6.45) is 1.43. The molecule has 0 saturated carbocycles. The van der Waals surface area contributed by atoms with Gasteiger partial charge >= 0.3 is 5.82 Å². The number of benzene rings is 1. The van der Waals surface area contributed by atoms with Crippen LogP contribution in [0.4, 0.5) is 5.82 Å². The molecule has 0 aliphatic carbocycles. The van der Waals surface area contributed by atoms with Crippen molar-refractivity contribution in [3.05, 3.63) is 52.0 Å². The molecule has 0 unspecified atom stereocenters. The number of hydrogen-bond acceptors (Lipinski definition) is 3. The Morgan fingerprint density at radius 2 is 1.88 bits per heavy atom. The van der Waals surface area contributed by atoms with E-state index in [9.17, 15) is 10.1 Å². The largest absolute Gasteiger partial charge is 0.382 e. The Balaban J connectivity index is 2.47. The number of aryl methyl sites for hydroxylation is 2. The van der Waals surface area contributed by atoms with Gasteiger partial charge in [0.1, 0.15) is 6.20 Å². The zero-order valence-corrected chi connectivity index (χ0v) is 9.04. The summed E-state index contributed by atoms with van der Waals surface area (Å²) in [6.45, 7) is 3.74. The van der Waals surface area contributed by atoms with E-state index in [4.69, 9.17) is 0 Å². The summed E-state index contributed by atoms with van der Waals surface area (Å²) in [4.78, 5) is 14.0. The van der Waals surface area contributed by atoms with E-state index in [1.54, 1.807) is 11.5 Å². The van der Waals surface area contributed by atoms with Gasteiger partial charge in [0, 0.05) is 12.6 Å². The minimum absolute atomic E-state index is 0.127. The molecule has 0 aliphatic rings. The molecule has 5 nitrogen and oxygen atoms in total. The fourth-order valence-corrected chi connectivity index (χ4v) is 1.51. The van der Waals surface area contributed by atoms with E-state index >= 15 is 0 Å². The maximum atomic E-state index is 10.6. The van der Waals surface area contributed by atoms with E-state index in [-0.39, 0.29) is 5.82 Å². The molecule has 0 bridgehead atoms. The van der Waals surface area contributed by atoms with Gasteiger partial charge in [-0.15, -0.1) is 0 Å². The van der Waals surface area contributed by atoms with Crippen LogP contribution in [0.5, 0.6) is 0 Å². The summed E-state index contributed by atoms with van der Waals surface area (Å²) in [6, 6.07) is 7.74. The number of nitro groups is 1. The Kier molecular flexibility index (Phi) is 2.44. The van der Waals surface area contributed by atoms with Gasteiger partial charge in [-0.05, 0) is 29.0 Å². The lowest BCUT2D eigenvalue weighted by molar-refractivity contribution is -0.389. The van der Waals surface area contributed by atoms with Gasteiger partial charge in [-0.25, -0.2) is 0 Å². The number of hydrogen-bond donors (Lipinski definition) is 0. The van der Waals surface area contributed by atoms with E-state index in [1.165, 1.54) is 6.20 Å². The summed E-state index contributed by atoms with van der Waals surface area (Å²) < 4.78 is 1.71. The molecule has 1 heterocycles. The van der Waals surface area contributed by atoms with Crippen molar-refractivity contribution in [3.63, 3.8) is 0 Å². The minimum Gasteiger partial charge on any atom is -0.358 e. The first-order valence-corrected chi connectivity index (χ1v) is 4.85. The molecule has 0 N–H and O–H groups in total. The molecule has 16 heavy (non-hydrogen) atoms. The van der Waals surface area contributed by atoms with E-state index in [2.05, 4.69) is 4.98 Å². The number of rotatable bonds is 2. The molecule has 0 radical (unpaired) electrons. The Labute approximate surface area is 92.5 Å². The highest BCUT2D eigenvalue weighted by molar-refractivity contribution is 5.37. The first-order valence-electron chi connectivity index (χ1n) is 4.85.